The summed E-state index contributed by atoms with van der Waals surface area (Å²) in [5, 5.41) is 2.79. The van der Waals surface area contributed by atoms with Gasteiger partial charge in [-0.1, -0.05) is 42.0 Å². The Morgan fingerprint density at radius 1 is 1.07 bits per heavy atom. The normalized spacial score (nSPS) is 16.1. The van der Waals surface area contributed by atoms with E-state index >= 15 is 0 Å². The molecule has 3 rings (SSSR count). The van der Waals surface area contributed by atoms with Crippen molar-refractivity contribution in [3.05, 3.63) is 70.8 Å². The van der Waals surface area contributed by atoms with E-state index in [1.54, 1.807) is 6.07 Å². The molecule has 1 amide bonds. The fourth-order valence-corrected chi connectivity index (χ4v) is 3.50. The lowest BCUT2D eigenvalue weighted by atomic mass is 9.95. The molecule has 1 saturated heterocycles. The van der Waals surface area contributed by atoms with Crippen LogP contribution >= 0.6 is 0 Å². The maximum Gasteiger partial charge on any atom is 0.416 e. The summed E-state index contributed by atoms with van der Waals surface area (Å²) in [7, 11) is 0. The van der Waals surface area contributed by atoms with E-state index in [1.165, 1.54) is 17.2 Å². The van der Waals surface area contributed by atoms with E-state index in [4.69, 9.17) is 0 Å². The van der Waals surface area contributed by atoms with Gasteiger partial charge in [0, 0.05) is 19.0 Å². The summed E-state index contributed by atoms with van der Waals surface area (Å²) >= 11 is 0. The average Bonchev–Trinajstić information content (AvgIpc) is 2.68. The molecule has 2 aromatic rings. The third-order valence-corrected chi connectivity index (χ3v) is 5.21. The van der Waals surface area contributed by atoms with Crippen LogP contribution in [0.15, 0.2) is 48.5 Å². The molecule has 1 N–H and O–H groups in total. The van der Waals surface area contributed by atoms with Crippen molar-refractivity contribution in [2.75, 3.05) is 13.1 Å². The van der Waals surface area contributed by atoms with Crippen molar-refractivity contribution in [1.29, 1.82) is 0 Å². The highest BCUT2D eigenvalue weighted by Crippen LogP contribution is 2.29. The molecule has 0 atom stereocenters. The zero-order valence-corrected chi connectivity index (χ0v) is 15.9. The van der Waals surface area contributed by atoms with Crippen LogP contribution in [0.2, 0.25) is 0 Å². The number of carbonyl (C=O) groups excluding carboxylic acids is 1. The van der Waals surface area contributed by atoms with Crippen LogP contribution in [0.1, 0.15) is 35.1 Å². The number of hydrogen-bond donors (Lipinski definition) is 1. The predicted octanol–water partition coefficient (Wildman–Crippen LogP) is 4.54. The van der Waals surface area contributed by atoms with E-state index in [-0.39, 0.29) is 18.4 Å². The van der Waals surface area contributed by atoms with Crippen molar-refractivity contribution in [2.24, 2.45) is 5.92 Å². The maximum atomic E-state index is 12.8. The first-order valence-corrected chi connectivity index (χ1v) is 9.53. The van der Waals surface area contributed by atoms with Crippen LogP contribution in [0.4, 0.5) is 13.2 Å². The predicted molar refractivity (Wildman–Crippen MR) is 102 cm³/mol. The molecule has 1 aliphatic heterocycles. The third kappa shape index (κ3) is 5.58. The molecule has 3 nitrogen and oxygen atoms in total. The molecular weight excluding hydrogens is 365 g/mol. The first-order valence-electron chi connectivity index (χ1n) is 9.53. The van der Waals surface area contributed by atoms with Crippen molar-refractivity contribution >= 4 is 5.91 Å². The van der Waals surface area contributed by atoms with Crippen LogP contribution in [-0.2, 0) is 24.1 Å². The number of piperidine rings is 1. The Balaban J connectivity index is 1.46. The van der Waals surface area contributed by atoms with Gasteiger partial charge in [0.2, 0.25) is 5.91 Å². The van der Waals surface area contributed by atoms with Crippen LogP contribution in [0.3, 0.4) is 0 Å². The van der Waals surface area contributed by atoms with Gasteiger partial charge in [0.15, 0.2) is 0 Å². The molecule has 0 aliphatic carbocycles. The monoisotopic (exact) mass is 390 g/mol. The largest absolute Gasteiger partial charge is 0.416 e. The van der Waals surface area contributed by atoms with Gasteiger partial charge in [0.25, 0.3) is 0 Å². The number of halogens is 3. The topological polar surface area (TPSA) is 32.3 Å². The lowest BCUT2D eigenvalue weighted by Gasteiger charge is -2.31. The van der Waals surface area contributed by atoms with Crippen LogP contribution in [-0.4, -0.2) is 23.9 Å². The van der Waals surface area contributed by atoms with Crippen molar-refractivity contribution in [3.63, 3.8) is 0 Å². The molecule has 1 heterocycles. The van der Waals surface area contributed by atoms with E-state index in [2.05, 4.69) is 41.4 Å². The van der Waals surface area contributed by atoms with Crippen LogP contribution in [0.5, 0.6) is 0 Å². The van der Waals surface area contributed by atoms with E-state index in [0.29, 0.717) is 5.56 Å². The summed E-state index contributed by atoms with van der Waals surface area (Å²) < 4.78 is 38.3. The number of nitrogens with one attached hydrogen (secondary N) is 1. The molecule has 1 fully saturated rings. The molecule has 150 valence electrons. The van der Waals surface area contributed by atoms with Crippen molar-refractivity contribution in [1.82, 2.24) is 10.2 Å². The van der Waals surface area contributed by atoms with Crippen LogP contribution in [0, 0.1) is 12.8 Å². The molecule has 0 spiro atoms. The van der Waals surface area contributed by atoms with E-state index in [1.807, 2.05) is 0 Å². The van der Waals surface area contributed by atoms with Crippen LogP contribution < -0.4 is 5.32 Å². The molecule has 1 aliphatic rings. The summed E-state index contributed by atoms with van der Waals surface area (Å²) in [4.78, 5) is 14.7. The molecular formula is C22H25F3N2O. The molecule has 2 aromatic carbocycles. The van der Waals surface area contributed by atoms with Crippen molar-refractivity contribution in [2.45, 2.75) is 39.0 Å². The Hall–Kier alpha value is -2.34. The van der Waals surface area contributed by atoms with Gasteiger partial charge in [0.1, 0.15) is 0 Å². The van der Waals surface area contributed by atoms with Crippen molar-refractivity contribution < 1.29 is 18.0 Å². The third-order valence-electron chi connectivity index (χ3n) is 5.21. The van der Waals surface area contributed by atoms with E-state index in [9.17, 15) is 18.0 Å². The molecule has 28 heavy (non-hydrogen) atoms. The lowest BCUT2D eigenvalue weighted by Crippen LogP contribution is -2.40. The molecule has 6 heteroatoms. The number of alkyl halides is 3. The quantitative estimate of drug-likeness (QED) is 0.813. The van der Waals surface area contributed by atoms with E-state index in [0.717, 1.165) is 44.6 Å². The van der Waals surface area contributed by atoms with Gasteiger partial charge in [-0.2, -0.15) is 13.2 Å². The summed E-state index contributed by atoms with van der Waals surface area (Å²) in [6.07, 6.45) is -2.84. The fourth-order valence-electron chi connectivity index (χ4n) is 3.50. The molecule has 0 bridgehead atoms. The zero-order chi connectivity index (χ0) is 20.1. The van der Waals surface area contributed by atoms with Crippen molar-refractivity contribution in [3.8, 4) is 0 Å². The average molecular weight is 390 g/mol. The second-order valence-electron chi connectivity index (χ2n) is 7.45. The highest BCUT2D eigenvalue weighted by Gasteiger charge is 2.30. The fraction of sp³-hybridized carbons (Fsp3) is 0.409. The van der Waals surface area contributed by atoms with Gasteiger partial charge in [0.05, 0.1) is 5.56 Å². The Bertz CT molecular complexity index is 794. The standard InChI is InChI=1S/C22H25F3N2O/c1-16-5-7-17(8-6-16)15-27-11-9-19(10-12-27)21(28)26-14-18-3-2-4-20(13-18)22(23,24)25/h2-8,13,19H,9-12,14-15H2,1H3,(H,26,28). The first kappa shape index (κ1) is 20.4. The SMILES string of the molecule is Cc1ccc(CN2CCC(C(=O)NCc3cccc(C(F)(F)F)c3)CC2)cc1. The molecule has 0 saturated carbocycles. The summed E-state index contributed by atoms with van der Waals surface area (Å²) in [5.41, 5.74) is 2.27. The Morgan fingerprint density at radius 3 is 2.39 bits per heavy atom. The van der Waals surface area contributed by atoms with Crippen LogP contribution in [0.25, 0.3) is 0 Å². The first-order chi connectivity index (χ1) is 13.3. The second kappa shape index (κ2) is 8.78. The number of carbonyl (C=O) groups is 1. The molecule has 0 unspecified atom stereocenters. The Labute approximate surface area is 163 Å². The number of hydrogen-bond acceptors (Lipinski definition) is 2. The van der Waals surface area contributed by atoms with Gasteiger partial charge < -0.3 is 5.32 Å². The highest BCUT2D eigenvalue weighted by atomic mass is 19.4. The highest BCUT2D eigenvalue weighted by molar-refractivity contribution is 5.78. The minimum atomic E-state index is -4.37. The lowest BCUT2D eigenvalue weighted by molar-refractivity contribution is -0.137. The minimum Gasteiger partial charge on any atom is -0.352 e. The zero-order valence-electron chi connectivity index (χ0n) is 15.9. The summed E-state index contributed by atoms with van der Waals surface area (Å²) in [6.45, 7) is 4.74. The minimum absolute atomic E-state index is 0.0765. The smallest absolute Gasteiger partial charge is 0.352 e. The Kier molecular flexibility index (Phi) is 6.39. The van der Waals surface area contributed by atoms with Gasteiger partial charge in [-0.15, -0.1) is 0 Å². The molecule has 0 aromatic heterocycles. The molecule has 0 radical (unpaired) electrons. The van der Waals surface area contributed by atoms with Gasteiger partial charge >= 0.3 is 6.18 Å². The van der Waals surface area contributed by atoms with Gasteiger partial charge in [-0.25, -0.2) is 0 Å². The number of amides is 1. The van der Waals surface area contributed by atoms with Gasteiger partial charge in [-0.3, -0.25) is 9.69 Å². The number of nitrogens with zero attached hydrogens (tertiary/aromatic N) is 1. The number of rotatable bonds is 5. The second-order valence-corrected chi connectivity index (χ2v) is 7.45. The summed E-state index contributed by atoms with van der Waals surface area (Å²) in [5.74, 6) is -0.160. The number of aryl methyl sites for hydroxylation is 1. The Morgan fingerprint density at radius 2 is 1.75 bits per heavy atom. The number of likely N-dealkylation sites (tertiary alicyclic amines) is 1. The number of benzene rings is 2. The van der Waals surface area contributed by atoms with E-state index < -0.39 is 11.7 Å². The summed E-state index contributed by atoms with van der Waals surface area (Å²) in [6, 6.07) is 13.5. The van der Waals surface area contributed by atoms with Gasteiger partial charge in [-0.05, 0) is 56.1 Å². The maximum absolute atomic E-state index is 12.8.